The fourth-order valence-corrected chi connectivity index (χ4v) is 5.56. The summed E-state index contributed by atoms with van der Waals surface area (Å²) in [7, 11) is 0. The maximum Gasteiger partial charge on any atom is 0.243 e. The van der Waals surface area contributed by atoms with Crippen molar-refractivity contribution in [1.82, 2.24) is 5.32 Å². The molecule has 3 aliphatic rings. The van der Waals surface area contributed by atoms with E-state index in [4.69, 9.17) is 14.2 Å². The van der Waals surface area contributed by atoms with Crippen LogP contribution in [0.2, 0.25) is 0 Å². The zero-order valence-electron chi connectivity index (χ0n) is 25.2. The van der Waals surface area contributed by atoms with Gasteiger partial charge in [-0.05, 0) is 51.5 Å². The first-order valence-electron chi connectivity index (χ1n) is 14.8. The van der Waals surface area contributed by atoms with Crippen LogP contribution in [-0.2, 0) is 28.6 Å². The molecule has 0 aromatic heterocycles. The number of ketones is 2. The van der Waals surface area contributed by atoms with E-state index in [1.165, 1.54) is 6.08 Å². The topological polar surface area (TPSA) is 114 Å². The second-order valence-electron chi connectivity index (χ2n) is 12.5. The fraction of sp³-hybridized carbons (Fsp3) is 0.719. The number of epoxide rings is 1. The summed E-state index contributed by atoms with van der Waals surface area (Å²) in [5, 5.41) is 13.8. The van der Waals surface area contributed by atoms with Crippen molar-refractivity contribution in [2.75, 3.05) is 6.61 Å². The minimum Gasteiger partial charge on any atom is -0.387 e. The van der Waals surface area contributed by atoms with E-state index in [9.17, 15) is 19.5 Å². The lowest BCUT2D eigenvalue weighted by molar-refractivity contribution is -0.143. The molecule has 8 nitrogen and oxygen atoms in total. The number of rotatable bonds is 12. The van der Waals surface area contributed by atoms with Crippen molar-refractivity contribution in [3.05, 3.63) is 36.0 Å². The van der Waals surface area contributed by atoms with Gasteiger partial charge in [-0.15, -0.1) is 0 Å². The number of carbonyl (C=O) groups excluding carboxylic acids is 3. The zero-order chi connectivity index (χ0) is 29.6. The van der Waals surface area contributed by atoms with Crippen molar-refractivity contribution >= 4 is 17.5 Å². The van der Waals surface area contributed by atoms with Crippen molar-refractivity contribution in [3.63, 3.8) is 0 Å². The van der Waals surface area contributed by atoms with Crippen LogP contribution in [0.4, 0.5) is 0 Å². The zero-order valence-corrected chi connectivity index (χ0v) is 25.2. The van der Waals surface area contributed by atoms with E-state index in [0.717, 1.165) is 18.4 Å². The molecule has 0 aromatic carbocycles. The number of nitrogens with one attached hydrogen (secondary N) is 1. The molecule has 40 heavy (non-hydrogen) atoms. The Kier molecular flexibility index (Phi) is 11.5. The Balaban J connectivity index is 1.48. The monoisotopic (exact) mass is 559 g/mol. The minimum absolute atomic E-state index is 0.00383. The lowest BCUT2D eigenvalue weighted by Crippen LogP contribution is -2.50. The van der Waals surface area contributed by atoms with Crippen LogP contribution in [0, 0.1) is 17.8 Å². The fourth-order valence-electron chi connectivity index (χ4n) is 5.56. The highest BCUT2D eigenvalue weighted by Crippen LogP contribution is 2.43. The highest BCUT2D eigenvalue weighted by atomic mass is 16.6. The molecule has 0 unspecified atom stereocenters. The third kappa shape index (κ3) is 9.20. The maximum absolute atomic E-state index is 12.5. The summed E-state index contributed by atoms with van der Waals surface area (Å²) in [5.74, 6) is 0.381. The smallest absolute Gasteiger partial charge is 0.243 e. The lowest BCUT2D eigenvalue weighted by Gasteiger charge is -2.39. The van der Waals surface area contributed by atoms with Crippen LogP contribution in [0.1, 0.15) is 80.6 Å². The second-order valence-corrected chi connectivity index (χ2v) is 12.5. The second kappa shape index (κ2) is 14.2. The molecule has 0 saturated carbocycles. The first-order chi connectivity index (χ1) is 18.8. The number of aliphatic hydroxyl groups excluding tert-OH is 1. The van der Waals surface area contributed by atoms with Crippen LogP contribution in [0.3, 0.4) is 0 Å². The van der Waals surface area contributed by atoms with Crippen LogP contribution in [0.5, 0.6) is 0 Å². The minimum atomic E-state index is -0.755. The Hall–Kier alpha value is -2.13. The van der Waals surface area contributed by atoms with Gasteiger partial charge in [0.15, 0.2) is 0 Å². The molecule has 3 fully saturated rings. The van der Waals surface area contributed by atoms with Crippen LogP contribution in [-0.4, -0.2) is 71.3 Å². The molecular formula is C32H49NO7. The summed E-state index contributed by atoms with van der Waals surface area (Å²) in [6, 6.07) is -0.0779. The summed E-state index contributed by atoms with van der Waals surface area (Å²) in [6.07, 6.45) is 10.5. The summed E-state index contributed by atoms with van der Waals surface area (Å²) < 4.78 is 17.9. The third-order valence-corrected chi connectivity index (χ3v) is 8.31. The van der Waals surface area contributed by atoms with Crippen molar-refractivity contribution in [2.45, 2.75) is 123 Å². The number of hydrogen-bond acceptors (Lipinski definition) is 7. The Morgan fingerprint density at radius 3 is 2.42 bits per heavy atom. The lowest BCUT2D eigenvalue weighted by atomic mass is 9.87. The van der Waals surface area contributed by atoms with E-state index in [-0.39, 0.29) is 59.6 Å². The molecule has 0 radical (unpaired) electrons. The van der Waals surface area contributed by atoms with Crippen molar-refractivity contribution < 1.29 is 33.7 Å². The predicted octanol–water partition coefficient (Wildman–Crippen LogP) is 4.25. The van der Waals surface area contributed by atoms with E-state index in [1.54, 1.807) is 13.0 Å². The highest BCUT2D eigenvalue weighted by molar-refractivity contribution is 5.88. The highest BCUT2D eigenvalue weighted by Gasteiger charge is 2.58. The average Bonchev–Trinajstić information content (AvgIpc) is 3.64. The van der Waals surface area contributed by atoms with Crippen LogP contribution in [0.25, 0.3) is 0 Å². The van der Waals surface area contributed by atoms with E-state index in [1.807, 2.05) is 46.8 Å². The molecule has 3 aliphatic heterocycles. The number of ether oxygens (including phenoxy) is 3. The standard InChI is InChI=1S/C32H49NO7/c1-19(2)27(35)14-21(4)10-13-30(36)33-26-15-22(5)28(39-24(26)7)11-8-20(3)9-12-29-31(37)32(18-38-32)17-25(40-29)16-23(6)34/h8-10,12-13,19,21-22,24-26,28-29,31,37H,11,14-18H2,1-7H3,(H,33,36)/b12-9+,13-10-,20-8+/t21-,22-,24+,25+,26+,28-,29+,31+,32+/m0/s1. The third-order valence-electron chi connectivity index (χ3n) is 8.31. The molecular weight excluding hydrogens is 510 g/mol. The van der Waals surface area contributed by atoms with Crippen LogP contribution in [0.15, 0.2) is 36.0 Å². The van der Waals surface area contributed by atoms with E-state index in [2.05, 4.69) is 18.3 Å². The average molecular weight is 560 g/mol. The summed E-state index contributed by atoms with van der Waals surface area (Å²) in [6.45, 7) is 13.9. The molecule has 3 saturated heterocycles. The van der Waals surface area contributed by atoms with Crippen molar-refractivity contribution in [1.29, 1.82) is 0 Å². The van der Waals surface area contributed by atoms with Gasteiger partial charge in [-0.1, -0.05) is 57.6 Å². The maximum atomic E-state index is 12.5. The molecule has 2 N–H and O–H groups in total. The first kappa shape index (κ1) is 32.4. The van der Waals surface area contributed by atoms with Gasteiger partial charge in [0.1, 0.15) is 29.4 Å². The van der Waals surface area contributed by atoms with Gasteiger partial charge in [-0.3, -0.25) is 14.4 Å². The SMILES string of the molecule is CC(=O)C[C@@H]1C[C@@]2(CO2)[C@H](O)[C@@H](/C=C/C(C)=C/C[C@@H]2O[C@H](C)[C@H](NC(=O)/C=C\[C@H](C)CC(=O)C(C)C)C[C@@H]2C)O1. The van der Waals surface area contributed by atoms with E-state index < -0.39 is 17.8 Å². The first-order valence-corrected chi connectivity index (χ1v) is 14.8. The van der Waals surface area contributed by atoms with Gasteiger partial charge >= 0.3 is 0 Å². The van der Waals surface area contributed by atoms with E-state index >= 15 is 0 Å². The van der Waals surface area contributed by atoms with Gasteiger partial charge in [-0.2, -0.15) is 0 Å². The van der Waals surface area contributed by atoms with E-state index in [0.29, 0.717) is 25.9 Å². The Morgan fingerprint density at radius 1 is 1.10 bits per heavy atom. The largest absolute Gasteiger partial charge is 0.387 e. The predicted molar refractivity (Wildman–Crippen MR) is 154 cm³/mol. The van der Waals surface area contributed by atoms with Gasteiger partial charge in [0.05, 0.1) is 31.0 Å². The van der Waals surface area contributed by atoms with Crippen molar-refractivity contribution in [2.24, 2.45) is 17.8 Å². The Labute approximate surface area is 239 Å². The van der Waals surface area contributed by atoms with Gasteiger partial charge in [0.25, 0.3) is 0 Å². The quantitative estimate of drug-likeness (QED) is 0.209. The Morgan fingerprint density at radius 2 is 1.80 bits per heavy atom. The molecule has 0 aromatic rings. The molecule has 0 aliphatic carbocycles. The molecule has 1 amide bonds. The van der Waals surface area contributed by atoms with Crippen molar-refractivity contribution in [3.8, 4) is 0 Å². The number of hydrogen-bond donors (Lipinski definition) is 2. The number of aliphatic hydroxyl groups is 1. The van der Waals surface area contributed by atoms with Gasteiger partial charge < -0.3 is 24.6 Å². The number of carbonyl (C=O) groups is 3. The molecule has 224 valence electrons. The molecule has 0 bridgehead atoms. The number of allylic oxidation sites excluding steroid dienone is 3. The molecule has 3 heterocycles. The number of Topliss-reactive ketones (excluding diaryl/α,β-unsaturated/α-hetero) is 2. The van der Waals surface area contributed by atoms with Gasteiger partial charge in [-0.25, -0.2) is 0 Å². The molecule has 8 heteroatoms. The van der Waals surface area contributed by atoms with Crippen LogP contribution >= 0.6 is 0 Å². The normalized spacial score (nSPS) is 35.4. The summed E-state index contributed by atoms with van der Waals surface area (Å²) in [5.41, 5.74) is 0.448. The van der Waals surface area contributed by atoms with Crippen LogP contribution < -0.4 is 5.32 Å². The van der Waals surface area contributed by atoms with Gasteiger partial charge in [0.2, 0.25) is 5.91 Å². The van der Waals surface area contributed by atoms with Gasteiger partial charge in [0, 0.05) is 25.2 Å². The molecule has 3 rings (SSSR count). The number of amides is 1. The summed E-state index contributed by atoms with van der Waals surface area (Å²) >= 11 is 0. The molecule has 9 atom stereocenters. The molecule has 1 spiro atoms. The Bertz CT molecular complexity index is 995. The summed E-state index contributed by atoms with van der Waals surface area (Å²) in [4.78, 5) is 36.0.